The highest BCUT2D eigenvalue weighted by molar-refractivity contribution is 7.46. The number of carboxylic acid groups (broad SMARTS) is 1. The van der Waals surface area contributed by atoms with Crippen LogP contribution < -0.4 is 5.32 Å². The fraction of sp³-hybridized carbons (Fsp3) is 0.333. The topological polar surface area (TPSA) is 174 Å². The zero-order valence-corrected chi connectivity index (χ0v) is 12.6. The number of phosphoric acid groups is 1. The molecule has 0 aliphatic heterocycles. The first-order valence-corrected chi connectivity index (χ1v) is 7.80. The van der Waals surface area contributed by atoms with E-state index in [1.807, 2.05) is 0 Å². The third-order valence-corrected chi connectivity index (χ3v) is 3.20. The lowest BCUT2D eigenvalue weighted by Gasteiger charge is -2.17. The van der Waals surface area contributed by atoms with Crippen molar-refractivity contribution in [1.82, 2.24) is 0 Å². The third kappa shape index (κ3) is 6.45. The molecule has 10 nitrogen and oxygen atoms in total. The number of phosphoric ester groups is 1. The van der Waals surface area contributed by atoms with Crippen LogP contribution in [-0.4, -0.2) is 62.2 Å². The fourth-order valence-corrected chi connectivity index (χ4v) is 1.94. The molecule has 1 aromatic rings. The molecule has 0 saturated carbocycles. The number of anilines is 1. The Morgan fingerprint density at radius 3 is 2.39 bits per heavy atom. The van der Waals surface area contributed by atoms with Crippen molar-refractivity contribution in [3.8, 4) is 0 Å². The summed E-state index contributed by atoms with van der Waals surface area (Å²) in [6.07, 6.45) is -3.79. The Morgan fingerprint density at radius 2 is 1.83 bits per heavy atom. The van der Waals surface area contributed by atoms with Gasteiger partial charge >= 0.3 is 13.8 Å². The van der Waals surface area contributed by atoms with Crippen molar-refractivity contribution >= 4 is 25.3 Å². The summed E-state index contributed by atoms with van der Waals surface area (Å²) in [4.78, 5) is 39.6. The zero-order chi connectivity index (χ0) is 17.6. The second-order valence-corrected chi connectivity index (χ2v) is 5.71. The van der Waals surface area contributed by atoms with Gasteiger partial charge in [0.25, 0.3) is 0 Å². The maximum atomic E-state index is 11.7. The van der Waals surface area contributed by atoms with Crippen LogP contribution in [0.3, 0.4) is 0 Å². The number of hydrogen-bond acceptors (Lipinski definition) is 7. The molecule has 0 spiro atoms. The van der Waals surface area contributed by atoms with Crippen molar-refractivity contribution in [3.63, 3.8) is 0 Å². The van der Waals surface area contributed by atoms with Crippen LogP contribution >= 0.6 is 7.82 Å². The smallest absolute Gasteiger partial charge is 0.469 e. The van der Waals surface area contributed by atoms with E-state index in [4.69, 9.17) is 14.9 Å². The van der Waals surface area contributed by atoms with E-state index in [0.717, 1.165) is 0 Å². The predicted octanol–water partition coefficient (Wildman–Crippen LogP) is -0.803. The average Bonchev–Trinajstić information content (AvgIpc) is 2.48. The molecule has 128 valence electrons. The van der Waals surface area contributed by atoms with Gasteiger partial charge in [-0.1, -0.05) is 12.1 Å². The summed E-state index contributed by atoms with van der Waals surface area (Å²) in [7, 11) is -4.83. The molecule has 0 saturated heterocycles. The molecule has 0 aromatic heterocycles. The Labute approximate surface area is 130 Å². The van der Waals surface area contributed by atoms with E-state index in [-0.39, 0.29) is 11.3 Å². The summed E-state index contributed by atoms with van der Waals surface area (Å²) in [5.41, 5.74) is 0.0571. The summed E-state index contributed by atoms with van der Waals surface area (Å²) in [5, 5.41) is 30.5. The lowest BCUT2D eigenvalue weighted by molar-refractivity contribution is -0.132. The van der Waals surface area contributed by atoms with Crippen LogP contribution in [0, 0.1) is 0 Å². The molecule has 0 aliphatic carbocycles. The van der Waals surface area contributed by atoms with Gasteiger partial charge in [-0.05, 0) is 12.1 Å². The number of rotatable bonds is 9. The van der Waals surface area contributed by atoms with Crippen LogP contribution in [0.1, 0.15) is 10.4 Å². The van der Waals surface area contributed by atoms with Gasteiger partial charge in [-0.2, -0.15) is 0 Å². The zero-order valence-electron chi connectivity index (χ0n) is 11.7. The molecule has 1 aromatic carbocycles. The van der Waals surface area contributed by atoms with Gasteiger partial charge in [-0.25, -0.2) is 9.36 Å². The number of ketones is 1. The van der Waals surface area contributed by atoms with Crippen LogP contribution in [0.4, 0.5) is 5.69 Å². The van der Waals surface area contributed by atoms with E-state index in [1.54, 1.807) is 6.07 Å². The number of carbonyl (C=O) groups excluding carboxylic acids is 1. The first-order valence-electron chi connectivity index (χ1n) is 6.27. The molecule has 0 radical (unpaired) electrons. The summed E-state index contributed by atoms with van der Waals surface area (Å²) >= 11 is 0. The first kappa shape index (κ1) is 19.2. The SMILES string of the molecule is O=C(O)c1ccccc1NCC(=O)C(O)C(O)COP(=O)(O)O. The molecule has 1 rings (SSSR count). The van der Waals surface area contributed by atoms with Crippen molar-refractivity contribution < 1.29 is 43.8 Å². The van der Waals surface area contributed by atoms with Crippen molar-refractivity contribution in [1.29, 1.82) is 0 Å². The molecule has 11 heteroatoms. The van der Waals surface area contributed by atoms with Gasteiger partial charge in [0.15, 0.2) is 5.78 Å². The summed E-state index contributed by atoms with van der Waals surface area (Å²) in [6.45, 7) is -1.44. The monoisotopic (exact) mass is 349 g/mol. The van der Waals surface area contributed by atoms with Gasteiger partial charge in [0.2, 0.25) is 0 Å². The van der Waals surface area contributed by atoms with Gasteiger partial charge in [0.05, 0.1) is 18.7 Å². The highest BCUT2D eigenvalue weighted by atomic mass is 31.2. The number of hydrogen-bond donors (Lipinski definition) is 6. The summed E-state index contributed by atoms with van der Waals surface area (Å²) < 4.78 is 14.4. The molecular formula is C12H16NO9P. The number of nitrogens with one attached hydrogen (secondary N) is 1. The summed E-state index contributed by atoms with van der Waals surface area (Å²) in [5.74, 6) is -2.12. The Kier molecular flexibility index (Phi) is 6.82. The predicted molar refractivity (Wildman–Crippen MR) is 76.9 cm³/mol. The first-order chi connectivity index (χ1) is 10.6. The van der Waals surface area contributed by atoms with E-state index in [9.17, 15) is 24.4 Å². The maximum absolute atomic E-state index is 11.7. The summed E-state index contributed by atoms with van der Waals surface area (Å²) in [6, 6.07) is 5.76. The maximum Gasteiger partial charge on any atom is 0.469 e. The number of para-hydroxylation sites is 1. The number of Topliss-reactive ketones (excluding diaryl/α,β-unsaturated/α-hetero) is 1. The molecule has 0 aliphatic rings. The number of aliphatic hydroxyl groups excluding tert-OH is 2. The molecule has 0 heterocycles. The number of aromatic carboxylic acids is 1. The van der Waals surface area contributed by atoms with Crippen LogP contribution in [-0.2, 0) is 13.9 Å². The molecular weight excluding hydrogens is 333 g/mol. The molecule has 6 N–H and O–H groups in total. The Bertz CT molecular complexity index is 614. The van der Waals surface area contributed by atoms with Crippen molar-refractivity contribution in [3.05, 3.63) is 29.8 Å². The highest BCUT2D eigenvalue weighted by Gasteiger charge is 2.27. The second kappa shape index (κ2) is 8.16. The van der Waals surface area contributed by atoms with Crippen molar-refractivity contribution in [2.75, 3.05) is 18.5 Å². The molecule has 0 amide bonds. The largest absolute Gasteiger partial charge is 0.478 e. The Morgan fingerprint density at radius 1 is 1.22 bits per heavy atom. The van der Waals surface area contributed by atoms with Gasteiger partial charge in [-0.3, -0.25) is 9.32 Å². The normalized spacial score (nSPS) is 14.1. The third-order valence-electron chi connectivity index (χ3n) is 2.72. The van der Waals surface area contributed by atoms with Crippen LogP contribution in [0.15, 0.2) is 24.3 Å². The molecule has 2 atom stereocenters. The Hall–Kier alpha value is -1.81. The van der Waals surface area contributed by atoms with Gasteiger partial charge in [0, 0.05) is 5.69 Å². The van der Waals surface area contributed by atoms with E-state index < -0.39 is 44.9 Å². The minimum absolute atomic E-state index is 0.0832. The molecule has 0 bridgehead atoms. The number of carboxylic acids is 1. The van der Waals surface area contributed by atoms with Crippen LogP contribution in [0.5, 0.6) is 0 Å². The van der Waals surface area contributed by atoms with E-state index >= 15 is 0 Å². The minimum Gasteiger partial charge on any atom is -0.478 e. The van der Waals surface area contributed by atoms with E-state index in [0.29, 0.717) is 0 Å². The number of carbonyl (C=O) groups is 2. The van der Waals surface area contributed by atoms with Crippen LogP contribution in [0.25, 0.3) is 0 Å². The highest BCUT2D eigenvalue weighted by Crippen LogP contribution is 2.35. The fourth-order valence-electron chi connectivity index (χ4n) is 1.59. The molecule has 2 unspecified atom stereocenters. The number of benzene rings is 1. The molecule has 0 fully saturated rings. The van der Waals surface area contributed by atoms with Gasteiger partial charge in [0.1, 0.15) is 12.2 Å². The lowest BCUT2D eigenvalue weighted by Crippen LogP contribution is -2.40. The van der Waals surface area contributed by atoms with Crippen molar-refractivity contribution in [2.45, 2.75) is 12.2 Å². The van der Waals surface area contributed by atoms with Gasteiger partial charge in [-0.15, -0.1) is 0 Å². The quantitative estimate of drug-likeness (QED) is 0.310. The van der Waals surface area contributed by atoms with Crippen LogP contribution in [0.2, 0.25) is 0 Å². The Balaban J connectivity index is 2.59. The van der Waals surface area contributed by atoms with Crippen molar-refractivity contribution in [2.24, 2.45) is 0 Å². The lowest BCUT2D eigenvalue weighted by atomic mass is 10.1. The molecule has 23 heavy (non-hydrogen) atoms. The van der Waals surface area contributed by atoms with E-state index in [2.05, 4.69) is 9.84 Å². The minimum atomic E-state index is -4.83. The van der Waals surface area contributed by atoms with E-state index in [1.165, 1.54) is 18.2 Å². The standard InChI is InChI=1S/C12H16NO9P/c14-9(11(16)10(15)6-22-23(19,20)21)5-13-8-4-2-1-3-7(8)12(17)18/h1-4,10-11,13,15-16H,5-6H2,(H,17,18)(H2,19,20,21). The number of aliphatic hydroxyl groups is 2. The van der Waals surface area contributed by atoms with Gasteiger partial charge < -0.3 is 30.4 Å². The second-order valence-electron chi connectivity index (χ2n) is 4.47. The average molecular weight is 349 g/mol.